The zero-order chi connectivity index (χ0) is 14.7. The van der Waals surface area contributed by atoms with Crippen LogP contribution in [0.4, 0.5) is 5.82 Å². The van der Waals surface area contributed by atoms with Gasteiger partial charge in [0.25, 0.3) is 0 Å². The molecule has 106 valence electrons. The number of pyridine rings is 1. The Bertz CT molecular complexity index is 549. The van der Waals surface area contributed by atoms with Gasteiger partial charge < -0.3 is 10.6 Å². The van der Waals surface area contributed by atoms with Gasteiger partial charge in [-0.2, -0.15) is 0 Å². The highest BCUT2D eigenvalue weighted by atomic mass is 35.5. The molecule has 0 radical (unpaired) electrons. The summed E-state index contributed by atoms with van der Waals surface area (Å²) in [6.07, 6.45) is 1.84. The molecule has 1 unspecified atom stereocenters. The molecule has 0 aliphatic carbocycles. The summed E-state index contributed by atoms with van der Waals surface area (Å²) in [5.74, 6) is 0.928. The second-order valence-electron chi connectivity index (χ2n) is 5.08. The van der Waals surface area contributed by atoms with Crippen molar-refractivity contribution in [2.24, 2.45) is 5.73 Å². The fourth-order valence-corrected chi connectivity index (χ4v) is 2.16. The molecular formula is C16H20ClN3. The molecule has 2 rings (SSSR count). The summed E-state index contributed by atoms with van der Waals surface area (Å²) in [6, 6.07) is 12.2. The summed E-state index contributed by atoms with van der Waals surface area (Å²) >= 11 is 5.92. The van der Waals surface area contributed by atoms with Gasteiger partial charge >= 0.3 is 0 Å². The third-order valence-electron chi connectivity index (χ3n) is 3.59. The number of rotatable bonds is 4. The van der Waals surface area contributed by atoms with Crippen molar-refractivity contribution in [3.63, 3.8) is 0 Å². The van der Waals surface area contributed by atoms with Crippen molar-refractivity contribution in [2.45, 2.75) is 25.9 Å². The highest BCUT2D eigenvalue weighted by Gasteiger charge is 2.13. The minimum atomic E-state index is 0.00976. The van der Waals surface area contributed by atoms with E-state index in [9.17, 15) is 0 Å². The third kappa shape index (κ3) is 3.30. The van der Waals surface area contributed by atoms with Gasteiger partial charge in [0.2, 0.25) is 0 Å². The van der Waals surface area contributed by atoms with E-state index in [2.05, 4.69) is 16.8 Å². The Balaban J connectivity index is 2.17. The van der Waals surface area contributed by atoms with Gasteiger partial charge in [-0.05, 0) is 43.2 Å². The predicted molar refractivity (Wildman–Crippen MR) is 85.1 cm³/mol. The van der Waals surface area contributed by atoms with Gasteiger partial charge in [-0.25, -0.2) is 4.98 Å². The van der Waals surface area contributed by atoms with E-state index in [-0.39, 0.29) is 12.1 Å². The molecule has 4 heteroatoms. The van der Waals surface area contributed by atoms with Crippen molar-refractivity contribution in [3.8, 4) is 0 Å². The van der Waals surface area contributed by atoms with Crippen LogP contribution in [0.5, 0.6) is 0 Å². The van der Waals surface area contributed by atoms with E-state index >= 15 is 0 Å². The molecule has 0 spiro atoms. The second-order valence-corrected chi connectivity index (χ2v) is 5.51. The van der Waals surface area contributed by atoms with Crippen LogP contribution in [0.1, 0.15) is 37.1 Å². The fourth-order valence-electron chi connectivity index (χ4n) is 2.04. The van der Waals surface area contributed by atoms with Crippen LogP contribution in [0.15, 0.2) is 42.6 Å². The number of halogens is 1. The Hall–Kier alpha value is -1.58. The summed E-state index contributed by atoms with van der Waals surface area (Å²) < 4.78 is 0. The maximum atomic E-state index is 5.92. The smallest absolute Gasteiger partial charge is 0.128 e. The van der Waals surface area contributed by atoms with E-state index in [0.29, 0.717) is 0 Å². The van der Waals surface area contributed by atoms with Crippen LogP contribution in [0.25, 0.3) is 0 Å². The fraction of sp³-hybridized carbons (Fsp3) is 0.312. The van der Waals surface area contributed by atoms with Crippen molar-refractivity contribution < 1.29 is 0 Å². The SMILES string of the molecule is CC(c1ccc(Cl)cc1)N(C)c1ccc([C@@H](C)N)cn1. The molecule has 2 N–H and O–H groups in total. The van der Waals surface area contributed by atoms with Crippen LogP contribution in [0.2, 0.25) is 5.02 Å². The maximum Gasteiger partial charge on any atom is 0.128 e. The molecule has 0 fully saturated rings. The minimum Gasteiger partial charge on any atom is -0.353 e. The molecule has 2 atom stereocenters. The first kappa shape index (κ1) is 14.8. The van der Waals surface area contributed by atoms with Gasteiger partial charge in [0.1, 0.15) is 5.82 Å². The van der Waals surface area contributed by atoms with Crippen LogP contribution in [-0.2, 0) is 0 Å². The lowest BCUT2D eigenvalue weighted by Gasteiger charge is -2.26. The summed E-state index contributed by atoms with van der Waals surface area (Å²) in [5, 5.41) is 0.753. The van der Waals surface area contributed by atoms with Gasteiger partial charge in [-0.3, -0.25) is 0 Å². The Labute approximate surface area is 125 Å². The molecule has 1 aromatic heterocycles. The van der Waals surface area contributed by atoms with Crippen LogP contribution in [-0.4, -0.2) is 12.0 Å². The normalized spacial score (nSPS) is 13.8. The zero-order valence-electron chi connectivity index (χ0n) is 12.0. The van der Waals surface area contributed by atoms with E-state index in [0.717, 1.165) is 16.4 Å². The number of nitrogens with zero attached hydrogens (tertiary/aromatic N) is 2. The first-order valence-electron chi connectivity index (χ1n) is 6.69. The zero-order valence-corrected chi connectivity index (χ0v) is 12.8. The summed E-state index contributed by atoms with van der Waals surface area (Å²) in [7, 11) is 2.03. The lowest BCUT2D eigenvalue weighted by atomic mass is 10.1. The highest BCUT2D eigenvalue weighted by Crippen LogP contribution is 2.25. The van der Waals surface area contributed by atoms with Crippen LogP contribution < -0.4 is 10.6 Å². The topological polar surface area (TPSA) is 42.1 Å². The van der Waals surface area contributed by atoms with Crippen molar-refractivity contribution in [2.75, 3.05) is 11.9 Å². The van der Waals surface area contributed by atoms with Crippen molar-refractivity contribution in [3.05, 3.63) is 58.7 Å². The molecule has 0 aliphatic rings. The molecule has 1 heterocycles. The Morgan fingerprint density at radius 3 is 2.15 bits per heavy atom. The molecule has 20 heavy (non-hydrogen) atoms. The van der Waals surface area contributed by atoms with E-state index < -0.39 is 0 Å². The Morgan fingerprint density at radius 1 is 1.05 bits per heavy atom. The van der Waals surface area contributed by atoms with Crippen LogP contribution in [0.3, 0.4) is 0 Å². The second kappa shape index (κ2) is 6.25. The summed E-state index contributed by atoms with van der Waals surface area (Å²) in [4.78, 5) is 6.62. The first-order chi connectivity index (χ1) is 9.49. The van der Waals surface area contributed by atoms with E-state index in [1.807, 2.05) is 56.6 Å². The van der Waals surface area contributed by atoms with E-state index in [1.54, 1.807) is 0 Å². The third-order valence-corrected chi connectivity index (χ3v) is 3.84. The predicted octanol–water partition coefficient (Wildman–Crippen LogP) is 3.95. The Morgan fingerprint density at radius 2 is 1.65 bits per heavy atom. The number of hydrogen-bond acceptors (Lipinski definition) is 3. The number of hydrogen-bond donors (Lipinski definition) is 1. The Kier molecular flexibility index (Phi) is 4.63. The molecule has 1 aromatic carbocycles. The van der Waals surface area contributed by atoms with Crippen molar-refractivity contribution in [1.29, 1.82) is 0 Å². The molecule has 0 bridgehead atoms. The highest BCUT2D eigenvalue weighted by molar-refractivity contribution is 6.30. The molecular weight excluding hydrogens is 270 g/mol. The van der Waals surface area contributed by atoms with E-state index in [4.69, 9.17) is 17.3 Å². The van der Waals surface area contributed by atoms with Crippen molar-refractivity contribution >= 4 is 17.4 Å². The van der Waals surface area contributed by atoms with Gasteiger partial charge in [-0.15, -0.1) is 0 Å². The van der Waals surface area contributed by atoms with Crippen LogP contribution >= 0.6 is 11.6 Å². The first-order valence-corrected chi connectivity index (χ1v) is 7.06. The van der Waals surface area contributed by atoms with Gasteiger partial charge in [0, 0.05) is 24.3 Å². The molecule has 0 aliphatic heterocycles. The number of nitrogens with two attached hydrogens (primary N) is 1. The number of anilines is 1. The number of benzene rings is 1. The minimum absolute atomic E-state index is 0.00976. The maximum absolute atomic E-state index is 5.92. The van der Waals surface area contributed by atoms with Gasteiger partial charge in [0.05, 0.1) is 6.04 Å². The van der Waals surface area contributed by atoms with Gasteiger partial charge in [0.15, 0.2) is 0 Å². The largest absolute Gasteiger partial charge is 0.353 e. The standard InChI is InChI=1S/C16H20ClN3/c1-11(18)14-6-9-16(19-10-14)20(3)12(2)13-4-7-15(17)8-5-13/h4-12H,18H2,1-3H3/t11-,12?/m1/s1. The summed E-state index contributed by atoms with van der Waals surface area (Å²) in [5.41, 5.74) is 8.09. The lowest BCUT2D eigenvalue weighted by molar-refractivity contribution is 0.726. The quantitative estimate of drug-likeness (QED) is 0.926. The number of aromatic nitrogens is 1. The lowest BCUT2D eigenvalue weighted by Crippen LogP contribution is -2.22. The average Bonchev–Trinajstić information content (AvgIpc) is 2.46. The van der Waals surface area contributed by atoms with E-state index in [1.165, 1.54) is 5.56 Å². The molecule has 2 aromatic rings. The average molecular weight is 290 g/mol. The summed E-state index contributed by atoms with van der Waals surface area (Å²) in [6.45, 7) is 4.10. The van der Waals surface area contributed by atoms with Crippen molar-refractivity contribution in [1.82, 2.24) is 4.98 Å². The molecule has 0 amide bonds. The van der Waals surface area contributed by atoms with Crippen LogP contribution in [0, 0.1) is 0 Å². The monoisotopic (exact) mass is 289 g/mol. The molecule has 0 saturated heterocycles. The van der Waals surface area contributed by atoms with Gasteiger partial charge in [-0.1, -0.05) is 29.8 Å². The molecule has 3 nitrogen and oxygen atoms in total. The molecule has 0 saturated carbocycles.